The summed E-state index contributed by atoms with van der Waals surface area (Å²) in [5, 5.41) is 2.78. The van der Waals surface area contributed by atoms with Crippen LogP contribution in [0.15, 0.2) is 0 Å². The van der Waals surface area contributed by atoms with Gasteiger partial charge in [-0.05, 0) is 26.2 Å². The molecule has 0 heterocycles. The summed E-state index contributed by atoms with van der Waals surface area (Å²) in [4.78, 5) is 24.4. The number of hydrogen-bond acceptors (Lipinski definition) is 2. The molecule has 0 bridgehead atoms. The number of carbonyl (C=O) groups excluding carboxylic acids is 2. The van der Waals surface area contributed by atoms with E-state index in [0.717, 1.165) is 6.42 Å². The zero-order valence-corrected chi connectivity index (χ0v) is 11.0. The highest BCUT2D eigenvalue weighted by Gasteiger charge is 2.14. The molecule has 0 aromatic heterocycles. The first-order chi connectivity index (χ1) is 7.32. The Kier molecular flexibility index (Phi) is 6.77. The maximum Gasteiger partial charge on any atom is 0.239 e. The summed E-state index contributed by atoms with van der Waals surface area (Å²) >= 11 is 0. The average Bonchev–Trinajstić information content (AvgIpc) is 2.09. The predicted octanol–water partition coefficient (Wildman–Crippen LogP) is 1.41. The summed E-state index contributed by atoms with van der Waals surface area (Å²) in [5.41, 5.74) is 0. The maximum absolute atomic E-state index is 11.5. The van der Waals surface area contributed by atoms with Crippen LogP contribution in [-0.4, -0.2) is 35.8 Å². The van der Waals surface area contributed by atoms with Crippen molar-refractivity contribution in [2.24, 2.45) is 5.92 Å². The van der Waals surface area contributed by atoms with Gasteiger partial charge in [0.1, 0.15) is 0 Å². The van der Waals surface area contributed by atoms with Crippen molar-refractivity contribution in [2.45, 2.75) is 47.1 Å². The van der Waals surface area contributed by atoms with Crippen LogP contribution in [0.2, 0.25) is 0 Å². The Morgan fingerprint density at radius 1 is 1.19 bits per heavy atom. The first-order valence-electron chi connectivity index (χ1n) is 5.87. The van der Waals surface area contributed by atoms with Gasteiger partial charge in [-0.3, -0.25) is 9.59 Å². The van der Waals surface area contributed by atoms with Gasteiger partial charge in [-0.2, -0.15) is 0 Å². The van der Waals surface area contributed by atoms with Gasteiger partial charge in [0.15, 0.2) is 0 Å². The number of amides is 2. The van der Waals surface area contributed by atoms with Crippen molar-refractivity contribution in [3.63, 3.8) is 0 Å². The fourth-order valence-electron chi connectivity index (χ4n) is 1.30. The van der Waals surface area contributed by atoms with Crippen molar-refractivity contribution in [3.8, 4) is 0 Å². The number of nitrogens with one attached hydrogen (secondary N) is 1. The van der Waals surface area contributed by atoms with E-state index in [1.807, 2.05) is 13.8 Å². The summed E-state index contributed by atoms with van der Waals surface area (Å²) in [5.74, 6) is 0.406. The molecule has 0 aliphatic rings. The molecule has 0 aliphatic heterocycles. The van der Waals surface area contributed by atoms with Gasteiger partial charge in [0.05, 0.1) is 6.54 Å². The highest BCUT2D eigenvalue weighted by atomic mass is 16.2. The summed E-state index contributed by atoms with van der Waals surface area (Å²) in [7, 11) is 0. The lowest BCUT2D eigenvalue weighted by Crippen LogP contribution is -2.42. The molecule has 0 aromatic rings. The van der Waals surface area contributed by atoms with Crippen molar-refractivity contribution >= 4 is 11.8 Å². The Balaban J connectivity index is 4.12. The predicted molar refractivity (Wildman–Crippen MR) is 65.0 cm³/mol. The van der Waals surface area contributed by atoms with Gasteiger partial charge in [-0.25, -0.2) is 0 Å². The third-order valence-electron chi connectivity index (χ3n) is 2.21. The minimum absolute atomic E-state index is 0.0421. The number of rotatable bonds is 6. The Morgan fingerprint density at radius 2 is 1.75 bits per heavy atom. The van der Waals surface area contributed by atoms with Crippen LogP contribution in [0.1, 0.15) is 41.0 Å². The van der Waals surface area contributed by atoms with Gasteiger partial charge in [-0.1, -0.05) is 13.8 Å². The van der Waals surface area contributed by atoms with Crippen molar-refractivity contribution in [1.29, 1.82) is 0 Å². The van der Waals surface area contributed by atoms with Gasteiger partial charge < -0.3 is 10.2 Å². The molecule has 94 valence electrons. The van der Waals surface area contributed by atoms with Gasteiger partial charge in [0.2, 0.25) is 11.8 Å². The molecule has 1 N–H and O–H groups in total. The second kappa shape index (κ2) is 7.25. The minimum Gasteiger partial charge on any atom is -0.352 e. The normalized spacial score (nSPS) is 10.7. The van der Waals surface area contributed by atoms with Gasteiger partial charge in [0, 0.05) is 19.5 Å². The SMILES string of the molecule is CC(=O)N(CCC(C)C)CC(=O)NC(C)C. The van der Waals surface area contributed by atoms with Crippen LogP contribution in [0.5, 0.6) is 0 Å². The molecule has 0 rings (SSSR count). The molecule has 0 aromatic carbocycles. The molecule has 16 heavy (non-hydrogen) atoms. The van der Waals surface area contributed by atoms with E-state index >= 15 is 0 Å². The molecule has 4 heteroatoms. The first kappa shape index (κ1) is 14.9. The van der Waals surface area contributed by atoms with Crippen molar-refractivity contribution < 1.29 is 9.59 Å². The summed E-state index contributed by atoms with van der Waals surface area (Å²) in [6, 6.07) is 0.117. The summed E-state index contributed by atoms with van der Waals surface area (Å²) < 4.78 is 0. The Bertz CT molecular complexity index is 237. The van der Waals surface area contributed by atoms with E-state index in [9.17, 15) is 9.59 Å². The smallest absolute Gasteiger partial charge is 0.239 e. The van der Waals surface area contributed by atoms with Crippen LogP contribution in [0.4, 0.5) is 0 Å². The lowest BCUT2D eigenvalue weighted by Gasteiger charge is -2.22. The minimum atomic E-state index is -0.0889. The second-order valence-electron chi connectivity index (χ2n) is 4.85. The standard InChI is InChI=1S/C12H24N2O2/c1-9(2)6-7-14(11(5)15)8-12(16)13-10(3)4/h9-10H,6-8H2,1-5H3,(H,13,16). The number of nitrogens with zero attached hydrogens (tertiary/aromatic N) is 1. The molecule has 4 nitrogen and oxygen atoms in total. The zero-order valence-electron chi connectivity index (χ0n) is 11.0. The van der Waals surface area contributed by atoms with Crippen molar-refractivity contribution in [1.82, 2.24) is 10.2 Å². The highest BCUT2D eigenvalue weighted by molar-refractivity contribution is 5.83. The molecular formula is C12H24N2O2. The van der Waals surface area contributed by atoms with Crippen LogP contribution < -0.4 is 5.32 Å². The highest BCUT2D eigenvalue weighted by Crippen LogP contribution is 2.02. The Morgan fingerprint density at radius 3 is 2.12 bits per heavy atom. The third kappa shape index (κ3) is 7.26. The fourth-order valence-corrected chi connectivity index (χ4v) is 1.30. The zero-order chi connectivity index (χ0) is 12.7. The molecule has 0 atom stereocenters. The number of carbonyl (C=O) groups is 2. The van der Waals surface area contributed by atoms with Crippen LogP contribution in [-0.2, 0) is 9.59 Å². The monoisotopic (exact) mass is 228 g/mol. The molecule has 0 saturated heterocycles. The van der Waals surface area contributed by atoms with E-state index in [1.54, 1.807) is 4.90 Å². The van der Waals surface area contributed by atoms with Gasteiger partial charge in [0.25, 0.3) is 0 Å². The van der Waals surface area contributed by atoms with E-state index in [1.165, 1.54) is 6.92 Å². The van der Waals surface area contributed by atoms with E-state index in [4.69, 9.17) is 0 Å². The number of hydrogen-bond donors (Lipinski definition) is 1. The van der Waals surface area contributed by atoms with Crippen LogP contribution >= 0.6 is 0 Å². The van der Waals surface area contributed by atoms with E-state index < -0.39 is 0 Å². The average molecular weight is 228 g/mol. The van der Waals surface area contributed by atoms with Gasteiger partial charge in [-0.15, -0.1) is 0 Å². The largest absolute Gasteiger partial charge is 0.352 e. The molecule has 0 radical (unpaired) electrons. The van der Waals surface area contributed by atoms with Gasteiger partial charge >= 0.3 is 0 Å². The Labute approximate surface area is 98.4 Å². The summed E-state index contributed by atoms with van der Waals surface area (Å²) in [6.07, 6.45) is 0.925. The lowest BCUT2D eigenvalue weighted by atomic mass is 10.1. The van der Waals surface area contributed by atoms with Crippen LogP contribution in [0.25, 0.3) is 0 Å². The van der Waals surface area contributed by atoms with E-state index in [2.05, 4.69) is 19.2 Å². The van der Waals surface area contributed by atoms with Crippen LogP contribution in [0, 0.1) is 5.92 Å². The first-order valence-corrected chi connectivity index (χ1v) is 5.87. The molecule has 2 amide bonds. The molecule has 0 aliphatic carbocycles. The van der Waals surface area contributed by atoms with Crippen LogP contribution in [0.3, 0.4) is 0 Å². The molecule has 0 spiro atoms. The van der Waals surface area contributed by atoms with E-state index in [0.29, 0.717) is 12.5 Å². The summed E-state index contributed by atoms with van der Waals surface area (Å²) in [6.45, 7) is 10.3. The second-order valence-corrected chi connectivity index (χ2v) is 4.85. The Hall–Kier alpha value is -1.06. The van der Waals surface area contributed by atoms with Crippen molar-refractivity contribution in [2.75, 3.05) is 13.1 Å². The van der Waals surface area contributed by atoms with Crippen molar-refractivity contribution in [3.05, 3.63) is 0 Å². The molecule has 0 unspecified atom stereocenters. The van der Waals surface area contributed by atoms with E-state index in [-0.39, 0.29) is 24.4 Å². The molecular weight excluding hydrogens is 204 g/mol. The lowest BCUT2D eigenvalue weighted by molar-refractivity contribution is -0.134. The maximum atomic E-state index is 11.5. The quantitative estimate of drug-likeness (QED) is 0.747. The fraction of sp³-hybridized carbons (Fsp3) is 0.833. The molecule has 0 saturated carbocycles. The molecule has 0 fully saturated rings. The topological polar surface area (TPSA) is 49.4 Å². The third-order valence-corrected chi connectivity index (χ3v) is 2.21.